The molecule has 0 saturated heterocycles. The number of alkyl halides is 2. The second-order valence-corrected chi connectivity index (χ2v) is 3.32. The molecule has 0 radical (unpaired) electrons. The van der Waals surface area contributed by atoms with Crippen molar-refractivity contribution in [3.8, 4) is 0 Å². The summed E-state index contributed by atoms with van der Waals surface area (Å²) in [7, 11) is 1.33. The minimum Gasteiger partial charge on any atom is -0.480 e. The average Bonchev–Trinajstić information content (AvgIpc) is 2.25. The van der Waals surface area contributed by atoms with Crippen LogP contribution in [0.25, 0.3) is 0 Å². The summed E-state index contributed by atoms with van der Waals surface area (Å²) < 4.78 is 27.8. The molecule has 17 heavy (non-hydrogen) atoms. The molecule has 8 heteroatoms. The second-order valence-electron chi connectivity index (χ2n) is 3.32. The third-order valence-corrected chi connectivity index (χ3v) is 2.03. The van der Waals surface area contributed by atoms with Crippen molar-refractivity contribution in [1.29, 1.82) is 0 Å². The number of carbonyl (C=O) groups is 2. The maximum Gasteiger partial charge on any atom is 0.326 e. The zero-order valence-electron chi connectivity index (χ0n) is 9.65. The molecule has 0 saturated carbocycles. The number of urea groups is 1. The van der Waals surface area contributed by atoms with Crippen LogP contribution in [0.4, 0.5) is 13.6 Å². The molecule has 0 aliphatic rings. The van der Waals surface area contributed by atoms with Gasteiger partial charge in [0.1, 0.15) is 12.6 Å². The topological polar surface area (TPSA) is 78.9 Å². The van der Waals surface area contributed by atoms with E-state index in [0.717, 1.165) is 4.90 Å². The lowest BCUT2D eigenvalue weighted by Gasteiger charge is -2.21. The first-order valence-corrected chi connectivity index (χ1v) is 4.95. The molecule has 2 N–H and O–H groups in total. The smallest absolute Gasteiger partial charge is 0.326 e. The maximum atomic E-state index is 11.7. The van der Waals surface area contributed by atoms with Crippen molar-refractivity contribution in [2.45, 2.75) is 19.4 Å². The van der Waals surface area contributed by atoms with E-state index in [4.69, 9.17) is 5.11 Å². The van der Waals surface area contributed by atoms with Crippen molar-refractivity contribution in [2.24, 2.45) is 0 Å². The van der Waals surface area contributed by atoms with Gasteiger partial charge in [-0.15, -0.1) is 0 Å². The number of ether oxygens (including phenoxy) is 1. The van der Waals surface area contributed by atoms with Crippen LogP contribution in [0.2, 0.25) is 0 Å². The van der Waals surface area contributed by atoms with Crippen molar-refractivity contribution in [3.63, 3.8) is 0 Å². The van der Waals surface area contributed by atoms with E-state index in [1.54, 1.807) is 0 Å². The summed E-state index contributed by atoms with van der Waals surface area (Å²) in [6.07, 6.45) is -2.54. The number of halogens is 2. The first-order valence-electron chi connectivity index (χ1n) is 4.95. The zero-order chi connectivity index (χ0) is 13.4. The second kappa shape index (κ2) is 7.77. The van der Waals surface area contributed by atoms with E-state index in [1.807, 2.05) is 0 Å². The fraction of sp³-hybridized carbons (Fsp3) is 0.778. The van der Waals surface area contributed by atoms with Gasteiger partial charge in [-0.3, -0.25) is 0 Å². The van der Waals surface area contributed by atoms with Crippen molar-refractivity contribution in [2.75, 3.05) is 26.8 Å². The Bertz CT molecular complexity index is 263. The molecule has 0 aromatic carbocycles. The minimum absolute atomic E-state index is 0.0439. The monoisotopic (exact) mass is 254 g/mol. The van der Waals surface area contributed by atoms with Crippen LogP contribution in [-0.4, -0.2) is 61.3 Å². The van der Waals surface area contributed by atoms with Gasteiger partial charge in [0.05, 0.1) is 6.61 Å². The van der Waals surface area contributed by atoms with Crippen molar-refractivity contribution in [1.82, 2.24) is 10.2 Å². The molecule has 6 nitrogen and oxygen atoms in total. The lowest BCUT2D eigenvalue weighted by Crippen LogP contribution is -2.46. The van der Waals surface area contributed by atoms with E-state index in [0.29, 0.717) is 0 Å². The van der Waals surface area contributed by atoms with Gasteiger partial charge < -0.3 is 20.1 Å². The molecule has 0 aliphatic heterocycles. The largest absolute Gasteiger partial charge is 0.480 e. The quantitative estimate of drug-likeness (QED) is 0.644. The Morgan fingerprint density at radius 3 is 2.53 bits per heavy atom. The van der Waals surface area contributed by atoms with Crippen molar-refractivity contribution in [3.05, 3.63) is 0 Å². The Balaban J connectivity index is 3.75. The lowest BCUT2D eigenvalue weighted by atomic mass is 10.3. The number of hydrogen-bond acceptors (Lipinski definition) is 3. The fourth-order valence-corrected chi connectivity index (χ4v) is 0.869. The first kappa shape index (κ1) is 15.6. The van der Waals surface area contributed by atoms with Crippen LogP contribution in [0.15, 0.2) is 0 Å². The molecule has 100 valence electrons. The Morgan fingerprint density at radius 2 is 2.06 bits per heavy atom. The van der Waals surface area contributed by atoms with Gasteiger partial charge in [0.2, 0.25) is 0 Å². The molecular formula is C9H16F2N2O4. The molecule has 0 bridgehead atoms. The third-order valence-electron chi connectivity index (χ3n) is 2.03. The number of likely N-dealkylation sites (N-methyl/N-ethyl adjacent to an activating group) is 1. The van der Waals surface area contributed by atoms with Crippen LogP contribution in [0.1, 0.15) is 6.92 Å². The molecule has 0 heterocycles. The predicted molar refractivity (Wildman–Crippen MR) is 55.1 cm³/mol. The average molecular weight is 254 g/mol. The summed E-state index contributed by atoms with van der Waals surface area (Å²) in [6.45, 7) is 0.667. The maximum absolute atomic E-state index is 11.7. The van der Waals surface area contributed by atoms with E-state index in [1.165, 1.54) is 14.0 Å². The van der Waals surface area contributed by atoms with Gasteiger partial charge in [-0.05, 0) is 6.92 Å². The standard InChI is InChI=1S/C9H16F2N2O4/c1-6(8(14)15)13(2)9(16)12-3-4-17-5-7(10)11/h6-7H,3-5H2,1-2H3,(H,12,16)(H,14,15). The Kier molecular flexibility index (Phi) is 7.11. The van der Waals surface area contributed by atoms with Gasteiger partial charge in [-0.2, -0.15) is 0 Å². The van der Waals surface area contributed by atoms with E-state index in [-0.39, 0.29) is 13.2 Å². The van der Waals surface area contributed by atoms with Gasteiger partial charge in [-0.1, -0.05) is 0 Å². The molecule has 1 unspecified atom stereocenters. The van der Waals surface area contributed by atoms with Gasteiger partial charge in [0.25, 0.3) is 6.43 Å². The molecule has 0 spiro atoms. The molecule has 0 aliphatic carbocycles. The number of amides is 2. The van der Waals surface area contributed by atoms with Crippen molar-refractivity contribution < 1.29 is 28.2 Å². The van der Waals surface area contributed by atoms with Gasteiger partial charge in [-0.25, -0.2) is 18.4 Å². The minimum atomic E-state index is -2.54. The van der Waals surface area contributed by atoms with Gasteiger partial charge in [0.15, 0.2) is 0 Å². The number of nitrogens with one attached hydrogen (secondary N) is 1. The molecular weight excluding hydrogens is 238 g/mol. The normalized spacial score (nSPS) is 12.3. The van der Waals surface area contributed by atoms with Crippen LogP contribution in [0, 0.1) is 0 Å². The highest BCUT2D eigenvalue weighted by molar-refractivity contribution is 5.82. The van der Waals surface area contributed by atoms with Crippen LogP contribution >= 0.6 is 0 Å². The van der Waals surface area contributed by atoms with Crippen molar-refractivity contribution >= 4 is 12.0 Å². The van der Waals surface area contributed by atoms with Crippen LogP contribution in [-0.2, 0) is 9.53 Å². The summed E-state index contributed by atoms with van der Waals surface area (Å²) in [5.41, 5.74) is 0. The number of aliphatic carboxylic acids is 1. The molecule has 2 amide bonds. The summed E-state index contributed by atoms with van der Waals surface area (Å²) in [5, 5.41) is 11.0. The summed E-state index contributed by atoms with van der Waals surface area (Å²) in [6, 6.07) is -1.56. The Labute approximate surface area is 97.5 Å². The molecule has 0 aromatic rings. The SMILES string of the molecule is CC(C(=O)O)N(C)C(=O)NCCOCC(F)F. The summed E-state index contributed by atoms with van der Waals surface area (Å²) in [5.74, 6) is -1.13. The predicted octanol–water partition coefficient (Wildman–Crippen LogP) is 0.383. The number of carboxylic acids is 1. The third kappa shape index (κ3) is 6.67. The summed E-state index contributed by atoms with van der Waals surface area (Å²) >= 11 is 0. The first-order chi connectivity index (χ1) is 7.86. The molecule has 0 aromatic heterocycles. The van der Waals surface area contributed by atoms with Gasteiger partial charge >= 0.3 is 12.0 Å². The highest BCUT2D eigenvalue weighted by atomic mass is 19.3. The number of rotatable bonds is 7. The fourth-order valence-electron chi connectivity index (χ4n) is 0.869. The molecule has 1 atom stereocenters. The lowest BCUT2D eigenvalue weighted by molar-refractivity contribution is -0.141. The van der Waals surface area contributed by atoms with Crippen LogP contribution in [0.5, 0.6) is 0 Å². The van der Waals surface area contributed by atoms with Gasteiger partial charge in [0, 0.05) is 13.6 Å². The highest BCUT2D eigenvalue weighted by Crippen LogP contribution is 1.96. The van der Waals surface area contributed by atoms with E-state index < -0.39 is 31.1 Å². The van der Waals surface area contributed by atoms with E-state index in [2.05, 4.69) is 10.1 Å². The molecule has 0 rings (SSSR count). The number of hydrogen-bond donors (Lipinski definition) is 2. The van der Waals surface area contributed by atoms with Crippen LogP contribution < -0.4 is 5.32 Å². The van der Waals surface area contributed by atoms with E-state index in [9.17, 15) is 18.4 Å². The van der Waals surface area contributed by atoms with Crippen LogP contribution in [0.3, 0.4) is 0 Å². The Hall–Kier alpha value is -1.44. The Morgan fingerprint density at radius 1 is 1.47 bits per heavy atom. The highest BCUT2D eigenvalue weighted by Gasteiger charge is 2.20. The zero-order valence-corrected chi connectivity index (χ0v) is 9.65. The summed E-state index contributed by atoms with van der Waals surface area (Å²) in [4.78, 5) is 22.9. The van der Waals surface area contributed by atoms with E-state index >= 15 is 0 Å². The number of nitrogens with zero attached hydrogens (tertiary/aromatic N) is 1. The number of carboxylic acid groups (broad SMARTS) is 1. The molecule has 0 fully saturated rings. The number of carbonyl (C=O) groups excluding carboxylic acids is 1.